The van der Waals surface area contributed by atoms with Crippen LogP contribution in [0.5, 0.6) is 0 Å². The topological polar surface area (TPSA) is 109 Å². The van der Waals surface area contributed by atoms with Gasteiger partial charge in [0, 0.05) is 40.7 Å². The van der Waals surface area contributed by atoms with Gasteiger partial charge in [-0.25, -0.2) is 0 Å². The highest BCUT2D eigenvalue weighted by Gasteiger charge is 2.42. The number of hydrogen-bond donors (Lipinski definition) is 2. The zero-order valence-corrected chi connectivity index (χ0v) is 31.9. The number of rotatable bonds is 6. The van der Waals surface area contributed by atoms with Crippen molar-refractivity contribution in [2.75, 3.05) is 26.7 Å². The van der Waals surface area contributed by atoms with Gasteiger partial charge in [0.05, 0.1) is 17.0 Å². The first-order chi connectivity index (χ1) is 23.4. The number of likely N-dealkylation sites (tertiary alicyclic amines) is 1. The average Bonchev–Trinajstić information content (AvgIpc) is 3.40. The van der Waals surface area contributed by atoms with Crippen LogP contribution in [0.15, 0.2) is 51.7 Å². The lowest BCUT2D eigenvalue weighted by Crippen LogP contribution is -2.49. The molecule has 0 radical (unpaired) electrons. The number of aldehydes is 1. The van der Waals surface area contributed by atoms with Crippen molar-refractivity contribution >= 4 is 63.9 Å². The SMILES string of the molecule is CC.CNC(C)C.Cc1ccc(Cl)cc1.O=CC1(C2CCCCCC2)CCN(C(=O)CNC(=O)c2cc(=O)c3cc(Cl)cc(Cl)c3o2)CC1. The molecule has 2 aromatic carbocycles. The fourth-order valence-corrected chi connectivity index (χ4v) is 6.49. The van der Waals surface area contributed by atoms with E-state index in [1.165, 1.54) is 30.5 Å². The Bertz CT molecular complexity index is 1520. The molecule has 2 heterocycles. The lowest BCUT2D eigenvalue weighted by atomic mass is 9.67. The van der Waals surface area contributed by atoms with Gasteiger partial charge in [0.1, 0.15) is 6.29 Å². The molecule has 3 aromatic rings. The molecule has 2 N–H and O–H groups in total. The number of nitrogens with zero attached hydrogens (tertiary/aromatic N) is 1. The Morgan fingerprint density at radius 2 is 1.53 bits per heavy atom. The van der Waals surface area contributed by atoms with Crippen LogP contribution in [-0.2, 0) is 9.59 Å². The third-order valence-electron chi connectivity index (χ3n) is 8.91. The summed E-state index contributed by atoms with van der Waals surface area (Å²) in [5.41, 5.74) is 0.507. The molecule has 5 rings (SSSR count). The number of aryl methyl sites for hydroxylation is 1. The molecule has 2 aliphatic rings. The van der Waals surface area contributed by atoms with E-state index in [-0.39, 0.29) is 44.6 Å². The van der Waals surface area contributed by atoms with Gasteiger partial charge in [-0.05, 0) is 69.8 Å². The van der Waals surface area contributed by atoms with Crippen LogP contribution < -0.4 is 16.1 Å². The van der Waals surface area contributed by atoms with Crippen LogP contribution in [0.3, 0.4) is 0 Å². The lowest BCUT2D eigenvalue weighted by molar-refractivity contribution is -0.136. The first kappa shape index (κ1) is 42.3. The molecule has 1 saturated carbocycles. The fourth-order valence-electron chi connectivity index (χ4n) is 5.83. The largest absolute Gasteiger partial charge is 0.449 e. The molecule has 0 unspecified atom stereocenters. The zero-order chi connectivity index (χ0) is 36.6. The van der Waals surface area contributed by atoms with Gasteiger partial charge in [0.15, 0.2) is 16.8 Å². The predicted molar refractivity (Wildman–Crippen MR) is 202 cm³/mol. The smallest absolute Gasteiger partial charge is 0.287 e. The maximum Gasteiger partial charge on any atom is 0.287 e. The Hall–Kier alpha value is -2.91. The number of nitrogens with one attached hydrogen (secondary N) is 2. The Morgan fingerprint density at radius 3 is 2.04 bits per heavy atom. The number of carbonyl (C=O) groups is 3. The van der Waals surface area contributed by atoms with E-state index < -0.39 is 11.3 Å². The van der Waals surface area contributed by atoms with Crippen molar-refractivity contribution < 1.29 is 18.8 Å². The molecule has 1 aliphatic carbocycles. The minimum Gasteiger partial charge on any atom is -0.449 e. The number of benzene rings is 2. The number of amides is 2. The highest BCUT2D eigenvalue weighted by atomic mass is 35.5. The summed E-state index contributed by atoms with van der Waals surface area (Å²) in [5.74, 6) is -0.763. The summed E-state index contributed by atoms with van der Waals surface area (Å²) in [7, 11) is 1.95. The molecule has 2 amide bonds. The number of piperidine rings is 1. The Balaban J connectivity index is 0.000000462. The quantitative estimate of drug-likeness (QED) is 0.193. The Kier molecular flexibility index (Phi) is 18.4. The number of fused-ring (bicyclic) bond motifs is 1. The van der Waals surface area contributed by atoms with Crippen molar-refractivity contribution in [1.82, 2.24) is 15.5 Å². The highest BCUT2D eigenvalue weighted by molar-refractivity contribution is 6.38. The molecule has 8 nitrogen and oxygen atoms in total. The van der Waals surface area contributed by atoms with Gasteiger partial charge < -0.3 is 24.7 Å². The second kappa shape index (κ2) is 21.3. The van der Waals surface area contributed by atoms with E-state index in [0.717, 1.165) is 43.1 Å². The van der Waals surface area contributed by atoms with Crippen LogP contribution in [-0.4, -0.2) is 55.7 Å². The second-order valence-corrected chi connectivity index (χ2v) is 13.9. The normalized spacial score (nSPS) is 15.8. The summed E-state index contributed by atoms with van der Waals surface area (Å²) in [5, 5.41) is 6.93. The molecule has 2 fully saturated rings. The van der Waals surface area contributed by atoms with Crippen molar-refractivity contribution in [3.63, 3.8) is 0 Å². The van der Waals surface area contributed by atoms with E-state index in [1.807, 2.05) is 52.1 Å². The molecule has 0 bridgehead atoms. The molecule has 1 aromatic heterocycles. The van der Waals surface area contributed by atoms with E-state index in [4.69, 9.17) is 39.2 Å². The molecule has 0 atom stereocenters. The Labute approximate surface area is 306 Å². The third-order valence-corrected chi connectivity index (χ3v) is 9.66. The maximum atomic E-state index is 12.7. The molecule has 1 saturated heterocycles. The van der Waals surface area contributed by atoms with Crippen molar-refractivity contribution in [2.24, 2.45) is 11.3 Å². The van der Waals surface area contributed by atoms with Crippen molar-refractivity contribution in [2.45, 2.75) is 92.0 Å². The number of carbonyl (C=O) groups excluding carboxylic acids is 3. The lowest BCUT2D eigenvalue weighted by Gasteiger charge is -2.43. The summed E-state index contributed by atoms with van der Waals surface area (Å²) >= 11 is 17.6. The van der Waals surface area contributed by atoms with Gasteiger partial charge in [0.2, 0.25) is 5.91 Å². The van der Waals surface area contributed by atoms with E-state index in [9.17, 15) is 19.2 Å². The first-order valence-corrected chi connectivity index (χ1v) is 18.4. The summed E-state index contributed by atoms with van der Waals surface area (Å²) < 4.78 is 5.52. The van der Waals surface area contributed by atoms with Gasteiger partial charge in [0.25, 0.3) is 5.91 Å². The van der Waals surface area contributed by atoms with Crippen LogP contribution in [0.4, 0.5) is 0 Å². The van der Waals surface area contributed by atoms with Gasteiger partial charge in [-0.2, -0.15) is 0 Å². The zero-order valence-electron chi connectivity index (χ0n) is 29.7. The van der Waals surface area contributed by atoms with E-state index in [2.05, 4.69) is 24.5 Å². The Morgan fingerprint density at radius 1 is 0.959 bits per heavy atom. The summed E-state index contributed by atoms with van der Waals surface area (Å²) in [6.45, 7) is 11.0. The highest BCUT2D eigenvalue weighted by Crippen LogP contribution is 2.43. The van der Waals surface area contributed by atoms with Gasteiger partial charge in [-0.1, -0.05) is 106 Å². The molecule has 0 spiro atoms. The molecule has 49 heavy (non-hydrogen) atoms. The minimum absolute atomic E-state index is 0.0646. The molecule has 1 aliphatic heterocycles. The van der Waals surface area contributed by atoms with Crippen molar-refractivity contribution in [3.8, 4) is 0 Å². The fraction of sp³-hybridized carbons (Fsp3) is 0.526. The monoisotopic (exact) mass is 735 g/mol. The van der Waals surface area contributed by atoms with Crippen LogP contribution >= 0.6 is 34.8 Å². The molecule has 270 valence electrons. The van der Waals surface area contributed by atoms with E-state index in [0.29, 0.717) is 37.9 Å². The van der Waals surface area contributed by atoms with Crippen LogP contribution in [0.25, 0.3) is 11.0 Å². The average molecular weight is 737 g/mol. The number of hydrogen-bond acceptors (Lipinski definition) is 6. The maximum absolute atomic E-state index is 12.7. The summed E-state index contributed by atoms with van der Waals surface area (Å²) in [6, 6.07) is 12.3. The van der Waals surface area contributed by atoms with Crippen molar-refractivity contribution in [1.29, 1.82) is 0 Å². The molecular weight excluding hydrogens is 685 g/mol. The van der Waals surface area contributed by atoms with E-state index >= 15 is 0 Å². The van der Waals surface area contributed by atoms with Crippen LogP contribution in [0.1, 0.15) is 95.2 Å². The van der Waals surface area contributed by atoms with Crippen molar-refractivity contribution in [3.05, 3.63) is 79.1 Å². The second-order valence-electron chi connectivity index (χ2n) is 12.6. The predicted octanol–water partition coefficient (Wildman–Crippen LogP) is 8.90. The minimum atomic E-state index is -0.684. The van der Waals surface area contributed by atoms with Crippen LogP contribution in [0, 0.1) is 18.3 Å². The first-order valence-electron chi connectivity index (χ1n) is 17.2. The standard InChI is InChI=1S/C25H28Cl2N2O5.C7H7Cl.C4H11N.C2H6/c26-17-11-18-20(31)13-21(34-23(18)19(27)12-17)24(33)28-14-22(32)29-9-7-25(15-30,8-10-29)16-5-3-1-2-4-6-16;1-6-2-4-7(8)5-3-6;1-4(2)5-3;1-2/h11-13,15-16H,1-10,14H2,(H,28,33);2-5H,1H3;4-5H,1-3H3;1-2H3. The van der Waals surface area contributed by atoms with Gasteiger partial charge >= 0.3 is 0 Å². The molecular formula is C38H52Cl3N3O5. The molecule has 11 heteroatoms. The van der Waals surface area contributed by atoms with Gasteiger partial charge in [-0.3, -0.25) is 14.4 Å². The van der Waals surface area contributed by atoms with Gasteiger partial charge in [-0.15, -0.1) is 0 Å². The summed E-state index contributed by atoms with van der Waals surface area (Å²) in [4.78, 5) is 51.4. The number of halogens is 3. The van der Waals surface area contributed by atoms with E-state index in [1.54, 1.807) is 4.90 Å². The third kappa shape index (κ3) is 13.1. The summed E-state index contributed by atoms with van der Waals surface area (Å²) in [6.07, 6.45) is 9.39. The van der Waals surface area contributed by atoms with Crippen LogP contribution in [0.2, 0.25) is 15.1 Å².